The van der Waals surface area contributed by atoms with Crippen molar-refractivity contribution in [3.8, 4) is 0 Å². The van der Waals surface area contributed by atoms with Gasteiger partial charge >= 0.3 is 11.5 Å². The van der Waals surface area contributed by atoms with Crippen LogP contribution in [0.3, 0.4) is 0 Å². The van der Waals surface area contributed by atoms with Gasteiger partial charge in [-0.1, -0.05) is 11.3 Å². The standard InChI is InChI=1S/C6H9BrNS.BF3.FH/c1-3-8-5(2)4-9-6(8)7;2-1(3)4;/h4H,3H2,1-2H3;;1H/q+1;;/p-1. The molecule has 0 radical (unpaired) electrons. The molecule has 0 aliphatic carbocycles. The minimum Gasteiger partial charge on any atom is -1.00 e. The maximum Gasteiger partial charge on any atom is 0.762 e. The fourth-order valence-electron chi connectivity index (χ4n) is 0.774. The summed E-state index contributed by atoms with van der Waals surface area (Å²) in [4.78, 5) is 0. The third kappa shape index (κ3) is 6.36. The van der Waals surface area contributed by atoms with Crippen molar-refractivity contribution in [2.45, 2.75) is 20.4 Å². The third-order valence-electron chi connectivity index (χ3n) is 1.28. The van der Waals surface area contributed by atoms with Crippen LogP contribution in [0, 0.1) is 6.92 Å². The van der Waals surface area contributed by atoms with Crippen molar-refractivity contribution in [1.82, 2.24) is 0 Å². The van der Waals surface area contributed by atoms with Gasteiger partial charge in [-0.15, -0.1) is 0 Å². The Morgan fingerprint density at radius 1 is 1.50 bits per heavy atom. The Bertz CT molecular complexity index is 236. The summed E-state index contributed by atoms with van der Waals surface area (Å²) < 4.78 is 32.4. The van der Waals surface area contributed by atoms with Gasteiger partial charge < -0.3 is 4.70 Å². The van der Waals surface area contributed by atoms with Gasteiger partial charge in [0.2, 0.25) is 0 Å². The lowest BCUT2D eigenvalue weighted by Gasteiger charge is -1.86. The van der Waals surface area contributed by atoms with E-state index in [1.54, 1.807) is 11.3 Å². The Hall–Kier alpha value is -0.105. The Morgan fingerprint density at radius 2 is 1.93 bits per heavy atom. The summed E-state index contributed by atoms with van der Waals surface area (Å²) in [5, 5.41) is 2.15. The van der Waals surface area contributed by atoms with E-state index < -0.39 is 7.54 Å². The molecule has 0 aliphatic heterocycles. The van der Waals surface area contributed by atoms with Crippen LogP contribution in [0.5, 0.6) is 0 Å². The van der Waals surface area contributed by atoms with Gasteiger partial charge in [-0.3, -0.25) is 12.9 Å². The molecule has 0 unspecified atom stereocenters. The fourth-order valence-corrected chi connectivity index (χ4v) is 2.38. The number of thiazole rings is 1. The van der Waals surface area contributed by atoms with Crippen LogP contribution in [0.2, 0.25) is 0 Å². The van der Waals surface area contributed by atoms with Crippen molar-refractivity contribution in [1.29, 1.82) is 0 Å². The first kappa shape index (κ1) is 16.3. The number of nitrogens with zero attached hydrogens (tertiary/aromatic N) is 1. The lowest BCUT2D eigenvalue weighted by molar-refractivity contribution is -0.704. The second kappa shape index (κ2) is 8.22. The Labute approximate surface area is 92.7 Å². The van der Waals surface area contributed by atoms with E-state index in [0.29, 0.717) is 0 Å². The van der Waals surface area contributed by atoms with Crippen molar-refractivity contribution in [2.24, 2.45) is 0 Å². The van der Waals surface area contributed by atoms with Gasteiger partial charge in [-0.2, -0.15) is 4.57 Å². The lowest BCUT2D eigenvalue weighted by atomic mass is 10.5. The molecule has 1 heterocycles. The highest BCUT2D eigenvalue weighted by Crippen LogP contribution is 2.12. The molecule has 0 spiro atoms. The van der Waals surface area contributed by atoms with Crippen molar-refractivity contribution in [3.05, 3.63) is 15.0 Å². The molecule has 82 valence electrons. The molecule has 0 atom stereocenters. The van der Waals surface area contributed by atoms with E-state index in [0.717, 1.165) is 6.54 Å². The predicted molar refractivity (Wildman–Crippen MR) is 51.7 cm³/mol. The Morgan fingerprint density at radius 3 is 2.07 bits per heavy atom. The van der Waals surface area contributed by atoms with Crippen LogP contribution in [-0.2, 0) is 6.54 Å². The second-order valence-electron chi connectivity index (χ2n) is 2.12. The number of aromatic nitrogens is 1. The monoisotopic (exact) mass is 293 g/mol. The molecule has 0 N–H and O–H groups in total. The number of rotatable bonds is 1. The molecule has 0 aromatic carbocycles. The highest BCUT2D eigenvalue weighted by Gasteiger charge is 2.10. The highest BCUT2D eigenvalue weighted by atomic mass is 79.9. The summed E-state index contributed by atoms with van der Waals surface area (Å²) in [5.74, 6) is 0. The summed E-state index contributed by atoms with van der Waals surface area (Å²) in [6, 6.07) is 0. The molecule has 0 fully saturated rings. The number of hydrogen-bond acceptors (Lipinski definition) is 1. The van der Waals surface area contributed by atoms with E-state index in [2.05, 4.69) is 39.7 Å². The summed E-state index contributed by atoms with van der Waals surface area (Å²) in [6.07, 6.45) is 0. The summed E-state index contributed by atoms with van der Waals surface area (Å²) in [6.45, 7) is 5.31. The lowest BCUT2D eigenvalue weighted by Crippen LogP contribution is -3.00. The topological polar surface area (TPSA) is 3.88 Å². The summed E-state index contributed by atoms with van der Waals surface area (Å²) in [7, 11) is -3.67. The molecular formula is C6H9BBrF4NS. The van der Waals surface area contributed by atoms with Gasteiger partial charge in [0.15, 0.2) is 5.69 Å². The van der Waals surface area contributed by atoms with Crippen LogP contribution >= 0.6 is 27.3 Å². The van der Waals surface area contributed by atoms with E-state index in [-0.39, 0.29) is 4.70 Å². The Kier molecular flexibility index (Phi) is 9.59. The smallest absolute Gasteiger partial charge is 0.762 e. The normalized spacial score (nSPS) is 8.43. The highest BCUT2D eigenvalue weighted by molar-refractivity contribution is 9.11. The van der Waals surface area contributed by atoms with E-state index in [1.165, 1.54) is 9.61 Å². The van der Waals surface area contributed by atoms with Crippen molar-refractivity contribution in [2.75, 3.05) is 0 Å². The maximum absolute atomic E-state index is 9.67. The van der Waals surface area contributed by atoms with Gasteiger partial charge in [0.05, 0.1) is 5.38 Å². The van der Waals surface area contributed by atoms with Gasteiger partial charge in [0, 0.05) is 22.9 Å². The summed E-state index contributed by atoms with van der Waals surface area (Å²) in [5.41, 5.74) is 1.33. The van der Waals surface area contributed by atoms with E-state index in [1.807, 2.05) is 0 Å². The second-order valence-corrected chi connectivity index (χ2v) is 4.26. The van der Waals surface area contributed by atoms with E-state index in [4.69, 9.17) is 0 Å². The molecule has 0 saturated heterocycles. The SMILES string of the molecule is CC[n+]1c(C)csc1Br.FB(F)F.[F-]. The summed E-state index contributed by atoms with van der Waals surface area (Å²) >= 11 is 5.19. The van der Waals surface area contributed by atoms with Crippen LogP contribution in [0.15, 0.2) is 9.30 Å². The minimum atomic E-state index is -3.67. The molecule has 1 aromatic rings. The van der Waals surface area contributed by atoms with Gasteiger partial charge in [-0.05, 0) is 6.92 Å². The zero-order valence-electron chi connectivity index (χ0n) is 7.61. The molecule has 8 heteroatoms. The van der Waals surface area contributed by atoms with Crippen LogP contribution in [0.25, 0.3) is 0 Å². The van der Waals surface area contributed by atoms with Crippen LogP contribution in [0.1, 0.15) is 12.6 Å². The first-order valence-electron chi connectivity index (χ1n) is 3.54. The number of hydrogen-bond donors (Lipinski definition) is 0. The van der Waals surface area contributed by atoms with Crippen molar-refractivity contribution >= 4 is 34.8 Å². The minimum absolute atomic E-state index is 0. The molecule has 1 aromatic heterocycles. The van der Waals surface area contributed by atoms with Gasteiger partial charge in [0.1, 0.15) is 6.54 Å². The predicted octanol–water partition coefficient (Wildman–Crippen LogP) is 0.0102. The van der Waals surface area contributed by atoms with Crippen LogP contribution < -0.4 is 9.27 Å². The molecule has 1 nitrogen and oxygen atoms in total. The molecule has 14 heavy (non-hydrogen) atoms. The average molecular weight is 294 g/mol. The van der Waals surface area contributed by atoms with Crippen molar-refractivity contribution < 1.29 is 22.2 Å². The maximum atomic E-state index is 9.67. The third-order valence-corrected chi connectivity index (χ3v) is 3.14. The van der Waals surface area contributed by atoms with Gasteiger partial charge in [-0.25, -0.2) is 0 Å². The first-order chi connectivity index (χ1) is 5.99. The molecular weight excluding hydrogens is 285 g/mol. The zero-order chi connectivity index (χ0) is 10.4. The quantitative estimate of drug-likeness (QED) is 0.390. The number of aryl methyl sites for hydroxylation is 1. The molecule has 0 saturated carbocycles. The largest absolute Gasteiger partial charge is 1.00 e. The Balaban J connectivity index is 0. The van der Waals surface area contributed by atoms with Crippen LogP contribution in [-0.4, -0.2) is 7.54 Å². The van der Waals surface area contributed by atoms with E-state index >= 15 is 0 Å². The van der Waals surface area contributed by atoms with Crippen molar-refractivity contribution in [3.63, 3.8) is 0 Å². The average Bonchev–Trinajstić information content (AvgIpc) is 2.30. The first-order valence-corrected chi connectivity index (χ1v) is 5.22. The molecule has 1 rings (SSSR count). The van der Waals surface area contributed by atoms with Gasteiger partial charge in [0.25, 0.3) is 0 Å². The van der Waals surface area contributed by atoms with Crippen LogP contribution in [0.4, 0.5) is 12.9 Å². The molecule has 0 amide bonds. The zero-order valence-corrected chi connectivity index (χ0v) is 10.0. The molecule has 0 aliphatic rings. The molecule has 0 bridgehead atoms. The number of halogens is 5. The van der Waals surface area contributed by atoms with E-state index in [9.17, 15) is 12.9 Å². The fraction of sp³-hybridized carbons (Fsp3) is 0.500.